The molecule has 1 fully saturated rings. The highest BCUT2D eigenvalue weighted by molar-refractivity contribution is 5.98. The van der Waals surface area contributed by atoms with Crippen molar-refractivity contribution < 1.29 is 0 Å². The van der Waals surface area contributed by atoms with Crippen LogP contribution in [-0.2, 0) is 0 Å². The topological polar surface area (TPSA) is 21.9 Å². The summed E-state index contributed by atoms with van der Waals surface area (Å²) in [6.07, 6.45) is 0. The Hall–Kier alpha value is -1.86. The van der Waals surface area contributed by atoms with Crippen molar-refractivity contribution in [1.82, 2.24) is 5.32 Å². The molecule has 1 heteroatoms. The molecule has 0 atom stereocenters. The zero-order valence-electron chi connectivity index (χ0n) is 9.69. The highest BCUT2D eigenvalue weighted by Gasteiger charge is 1.95. The molecule has 1 aliphatic heterocycles. The molecular formula is C16H15N. The maximum absolute atomic E-state index is 3.00. The zero-order valence-corrected chi connectivity index (χ0v) is 9.69. The van der Waals surface area contributed by atoms with E-state index in [1.807, 2.05) is 0 Å². The van der Waals surface area contributed by atoms with Gasteiger partial charge in [-0.25, -0.2) is 0 Å². The summed E-state index contributed by atoms with van der Waals surface area (Å²) < 4.78 is 0. The average Bonchev–Trinajstić information content (AvgIpc) is 3.24. The quantitative estimate of drug-likeness (QED) is 0.455. The maximum Gasteiger partial charge on any atom is 0.00772 e. The summed E-state index contributed by atoms with van der Waals surface area (Å²) in [6.45, 7) is 2.50. The van der Waals surface area contributed by atoms with Gasteiger partial charge in [-0.15, -0.1) is 0 Å². The summed E-state index contributed by atoms with van der Waals surface area (Å²) in [5, 5.41) is 8.25. The third kappa shape index (κ3) is 2.45. The fraction of sp³-hybridized carbons (Fsp3) is 0.125. The van der Waals surface area contributed by atoms with Gasteiger partial charge in [0, 0.05) is 13.1 Å². The van der Waals surface area contributed by atoms with Crippen LogP contribution < -0.4 is 5.32 Å². The molecule has 3 aromatic rings. The van der Waals surface area contributed by atoms with Crippen molar-refractivity contribution in [2.45, 2.75) is 0 Å². The lowest BCUT2D eigenvalue weighted by Gasteiger charge is -2.00. The molecule has 0 bridgehead atoms. The molecule has 0 saturated carbocycles. The Kier molecular flexibility index (Phi) is 2.76. The van der Waals surface area contributed by atoms with Crippen molar-refractivity contribution in [1.29, 1.82) is 0 Å². The second kappa shape index (κ2) is 4.56. The number of hydrogen-bond donors (Lipinski definition) is 1. The molecule has 3 aromatic carbocycles. The predicted molar refractivity (Wildman–Crippen MR) is 74.3 cm³/mol. The fourth-order valence-corrected chi connectivity index (χ4v) is 1.88. The van der Waals surface area contributed by atoms with Crippen LogP contribution in [-0.4, -0.2) is 13.1 Å². The molecule has 1 N–H and O–H groups in total. The minimum Gasteiger partial charge on any atom is -0.314 e. The molecule has 1 saturated heterocycles. The summed E-state index contributed by atoms with van der Waals surface area (Å²) in [5.74, 6) is 0. The zero-order chi connectivity index (χ0) is 11.5. The first-order valence-electron chi connectivity index (χ1n) is 6.02. The molecular weight excluding hydrogens is 206 g/mol. The first-order chi connectivity index (χ1) is 8.43. The molecule has 0 amide bonds. The van der Waals surface area contributed by atoms with Gasteiger partial charge in [0.25, 0.3) is 0 Å². The van der Waals surface area contributed by atoms with Gasteiger partial charge in [-0.05, 0) is 33.7 Å². The number of benzene rings is 3. The molecule has 0 unspecified atom stereocenters. The van der Waals surface area contributed by atoms with E-state index in [0.717, 1.165) is 0 Å². The Morgan fingerprint density at radius 3 is 1.12 bits per heavy atom. The van der Waals surface area contributed by atoms with Crippen molar-refractivity contribution in [3.05, 3.63) is 60.7 Å². The van der Waals surface area contributed by atoms with Crippen LogP contribution in [0.25, 0.3) is 21.5 Å². The highest BCUT2D eigenvalue weighted by atomic mass is 15.0. The van der Waals surface area contributed by atoms with Crippen molar-refractivity contribution >= 4 is 21.5 Å². The van der Waals surface area contributed by atoms with E-state index in [9.17, 15) is 0 Å². The minimum atomic E-state index is 1.25. The minimum absolute atomic E-state index is 1.25. The standard InChI is InChI=1S/C14H10.C2H5N/c1-2-6-12-10-14-8-4-3-7-13(14)9-11(12)5-1;1-2-3-1/h1-10H;3H,1-2H2. The van der Waals surface area contributed by atoms with Gasteiger partial charge in [-0.2, -0.15) is 0 Å². The van der Waals surface area contributed by atoms with Gasteiger partial charge in [0.05, 0.1) is 0 Å². The molecule has 0 spiro atoms. The number of fused-ring (bicyclic) bond motifs is 2. The summed E-state index contributed by atoms with van der Waals surface area (Å²) in [4.78, 5) is 0. The Morgan fingerprint density at radius 1 is 0.588 bits per heavy atom. The van der Waals surface area contributed by atoms with E-state index >= 15 is 0 Å². The van der Waals surface area contributed by atoms with Gasteiger partial charge in [0.2, 0.25) is 0 Å². The average molecular weight is 221 g/mol. The molecule has 84 valence electrons. The Labute approximate surface area is 101 Å². The van der Waals surface area contributed by atoms with E-state index in [2.05, 4.69) is 66.0 Å². The van der Waals surface area contributed by atoms with Crippen LogP contribution in [0, 0.1) is 0 Å². The monoisotopic (exact) mass is 221 g/mol. The Bertz CT molecular complexity index is 533. The lowest BCUT2D eigenvalue weighted by Crippen LogP contribution is -1.74. The van der Waals surface area contributed by atoms with Gasteiger partial charge in [-0.3, -0.25) is 0 Å². The van der Waals surface area contributed by atoms with E-state index in [4.69, 9.17) is 0 Å². The predicted octanol–water partition coefficient (Wildman–Crippen LogP) is 3.58. The second-order valence-corrected chi connectivity index (χ2v) is 4.30. The van der Waals surface area contributed by atoms with E-state index in [0.29, 0.717) is 0 Å². The van der Waals surface area contributed by atoms with E-state index in [1.54, 1.807) is 0 Å². The largest absolute Gasteiger partial charge is 0.314 e. The number of rotatable bonds is 0. The maximum atomic E-state index is 3.00. The van der Waals surface area contributed by atoms with Crippen LogP contribution in [0.2, 0.25) is 0 Å². The summed E-state index contributed by atoms with van der Waals surface area (Å²) >= 11 is 0. The van der Waals surface area contributed by atoms with Gasteiger partial charge >= 0.3 is 0 Å². The first kappa shape index (κ1) is 10.3. The molecule has 1 aliphatic rings. The summed E-state index contributed by atoms with van der Waals surface area (Å²) in [6, 6.07) is 21.4. The van der Waals surface area contributed by atoms with Gasteiger partial charge in [0.15, 0.2) is 0 Å². The highest BCUT2D eigenvalue weighted by Crippen LogP contribution is 2.21. The molecule has 4 rings (SSSR count). The summed E-state index contributed by atoms with van der Waals surface area (Å²) in [5.41, 5.74) is 0. The first-order valence-corrected chi connectivity index (χ1v) is 6.02. The smallest absolute Gasteiger partial charge is 0.00772 e. The Balaban J connectivity index is 0.000000264. The van der Waals surface area contributed by atoms with Crippen LogP contribution in [0.1, 0.15) is 0 Å². The van der Waals surface area contributed by atoms with Crippen LogP contribution in [0.3, 0.4) is 0 Å². The molecule has 0 aliphatic carbocycles. The van der Waals surface area contributed by atoms with Crippen LogP contribution in [0.4, 0.5) is 0 Å². The lowest BCUT2D eigenvalue weighted by atomic mass is 10.0. The van der Waals surface area contributed by atoms with Gasteiger partial charge < -0.3 is 5.32 Å². The van der Waals surface area contributed by atoms with Crippen molar-refractivity contribution in [2.75, 3.05) is 13.1 Å². The lowest BCUT2D eigenvalue weighted by molar-refractivity contribution is 1.34. The van der Waals surface area contributed by atoms with Crippen LogP contribution in [0.5, 0.6) is 0 Å². The summed E-state index contributed by atoms with van der Waals surface area (Å²) in [7, 11) is 0. The number of hydrogen-bond acceptors (Lipinski definition) is 1. The molecule has 1 heterocycles. The van der Waals surface area contributed by atoms with Crippen molar-refractivity contribution in [3.8, 4) is 0 Å². The molecule has 17 heavy (non-hydrogen) atoms. The molecule has 1 nitrogen and oxygen atoms in total. The third-order valence-electron chi connectivity index (χ3n) is 2.86. The van der Waals surface area contributed by atoms with Crippen molar-refractivity contribution in [2.24, 2.45) is 0 Å². The second-order valence-electron chi connectivity index (χ2n) is 4.30. The van der Waals surface area contributed by atoms with Gasteiger partial charge in [-0.1, -0.05) is 48.5 Å². The van der Waals surface area contributed by atoms with E-state index in [1.165, 1.54) is 34.6 Å². The van der Waals surface area contributed by atoms with Crippen molar-refractivity contribution in [3.63, 3.8) is 0 Å². The van der Waals surface area contributed by atoms with Crippen LogP contribution >= 0.6 is 0 Å². The normalized spacial score (nSPS) is 13.2. The SMILES string of the molecule is C1CN1.c1ccc2cc3ccccc3cc2c1. The van der Waals surface area contributed by atoms with E-state index in [-0.39, 0.29) is 0 Å². The Morgan fingerprint density at radius 2 is 0.882 bits per heavy atom. The fourth-order valence-electron chi connectivity index (χ4n) is 1.88. The number of nitrogens with one attached hydrogen (secondary N) is 1. The van der Waals surface area contributed by atoms with Crippen LogP contribution in [0.15, 0.2) is 60.7 Å². The third-order valence-corrected chi connectivity index (χ3v) is 2.86. The molecule has 0 aromatic heterocycles. The van der Waals surface area contributed by atoms with E-state index < -0.39 is 0 Å². The van der Waals surface area contributed by atoms with Gasteiger partial charge in [0.1, 0.15) is 0 Å². The molecule has 0 radical (unpaired) electrons.